The van der Waals surface area contributed by atoms with Crippen molar-refractivity contribution in [2.24, 2.45) is 11.3 Å². The van der Waals surface area contributed by atoms with E-state index in [4.69, 9.17) is 0 Å². The molecule has 1 saturated heterocycles. The maximum Gasteiger partial charge on any atom is 0.416 e. The monoisotopic (exact) mass is 567 g/mol. The van der Waals surface area contributed by atoms with Crippen LogP contribution in [0.2, 0.25) is 0 Å². The molecule has 39 heavy (non-hydrogen) atoms. The fourth-order valence-corrected chi connectivity index (χ4v) is 6.15. The number of carbonyl (C=O) groups is 1. The minimum absolute atomic E-state index is 0.0684. The highest BCUT2D eigenvalue weighted by atomic mass is 19.4. The lowest BCUT2D eigenvalue weighted by molar-refractivity contribution is -0.154. The molecular weight excluding hydrogens is 541 g/mol. The first-order valence-electron chi connectivity index (χ1n) is 12.4. The van der Waals surface area contributed by atoms with E-state index in [0.717, 1.165) is 12.1 Å². The van der Waals surface area contributed by atoms with E-state index in [-0.39, 0.29) is 19.4 Å². The smallest absolute Gasteiger partial charge is 0.416 e. The molecule has 1 heterocycles. The Morgan fingerprint density at radius 3 is 1.92 bits per heavy atom. The Kier molecular flexibility index (Phi) is 7.74. The predicted octanol–water partition coefficient (Wildman–Crippen LogP) is 8.34. The molecule has 4 rings (SSSR count). The van der Waals surface area contributed by atoms with Gasteiger partial charge in [0.25, 0.3) is 0 Å². The standard InChI is InChI=1S/C27H26F9NO2/c28-25(29,30)18-5-3-16(4-6-18)22-14-19(24(23(38)39)10-1-2-11-24)9-12-37(22)15-17-13-20(26(31,32)33)7-8-21(17)27(34,35)36/h3-8,13,19,22H,1-2,9-12,14-15H2,(H,38,39)/t19?,22-/m1/s1. The molecule has 0 amide bonds. The Balaban J connectivity index is 1.74. The molecule has 2 fully saturated rings. The highest BCUT2D eigenvalue weighted by molar-refractivity contribution is 5.75. The molecule has 1 saturated carbocycles. The number of alkyl halides is 9. The Bertz CT molecular complexity index is 1180. The number of likely N-dealkylation sites (tertiary alicyclic amines) is 1. The highest BCUT2D eigenvalue weighted by Gasteiger charge is 2.50. The van der Waals surface area contributed by atoms with Gasteiger partial charge in [-0.25, -0.2) is 0 Å². The molecule has 0 bridgehead atoms. The fourth-order valence-electron chi connectivity index (χ4n) is 6.15. The topological polar surface area (TPSA) is 40.5 Å². The van der Waals surface area contributed by atoms with Crippen molar-refractivity contribution in [1.29, 1.82) is 0 Å². The van der Waals surface area contributed by atoms with Crippen LogP contribution in [0.5, 0.6) is 0 Å². The lowest BCUT2D eigenvalue weighted by Gasteiger charge is -2.45. The summed E-state index contributed by atoms with van der Waals surface area (Å²) in [5, 5.41) is 10.1. The summed E-state index contributed by atoms with van der Waals surface area (Å²) in [5.41, 5.74) is -4.75. The molecule has 1 aliphatic carbocycles. The number of hydrogen-bond donors (Lipinski definition) is 1. The number of benzene rings is 2. The van der Waals surface area contributed by atoms with Gasteiger partial charge in [-0.3, -0.25) is 9.69 Å². The Labute approximate surface area is 218 Å². The number of aliphatic carboxylic acids is 1. The number of halogens is 9. The fraction of sp³-hybridized carbons (Fsp3) is 0.519. The first-order valence-corrected chi connectivity index (χ1v) is 12.4. The largest absolute Gasteiger partial charge is 0.481 e. The zero-order valence-electron chi connectivity index (χ0n) is 20.6. The number of hydrogen-bond acceptors (Lipinski definition) is 2. The van der Waals surface area contributed by atoms with Crippen LogP contribution in [0.4, 0.5) is 39.5 Å². The third kappa shape index (κ3) is 6.05. The van der Waals surface area contributed by atoms with E-state index >= 15 is 0 Å². The molecule has 3 nitrogen and oxygen atoms in total. The second-order valence-corrected chi connectivity index (χ2v) is 10.4. The lowest BCUT2D eigenvalue weighted by atomic mass is 9.67. The van der Waals surface area contributed by atoms with E-state index in [0.29, 0.717) is 49.4 Å². The van der Waals surface area contributed by atoms with Gasteiger partial charge in [-0.1, -0.05) is 25.0 Å². The molecule has 0 radical (unpaired) electrons. The zero-order valence-corrected chi connectivity index (χ0v) is 20.6. The number of carboxylic acid groups (broad SMARTS) is 1. The molecule has 2 atom stereocenters. The van der Waals surface area contributed by atoms with Crippen molar-refractivity contribution in [3.63, 3.8) is 0 Å². The van der Waals surface area contributed by atoms with Crippen LogP contribution in [0, 0.1) is 11.3 Å². The molecule has 2 aromatic carbocycles. The van der Waals surface area contributed by atoms with Gasteiger partial charge in [-0.05, 0) is 79.6 Å². The van der Waals surface area contributed by atoms with Crippen molar-refractivity contribution in [1.82, 2.24) is 4.90 Å². The summed E-state index contributed by atoms with van der Waals surface area (Å²) in [5.74, 6) is -1.38. The van der Waals surface area contributed by atoms with E-state index in [9.17, 15) is 49.4 Å². The summed E-state index contributed by atoms with van der Waals surface area (Å²) in [6.45, 7) is -0.476. The van der Waals surface area contributed by atoms with Gasteiger partial charge in [0, 0.05) is 12.6 Å². The third-order valence-electron chi connectivity index (χ3n) is 8.15. The van der Waals surface area contributed by atoms with E-state index in [1.54, 1.807) is 0 Å². The average molecular weight is 567 g/mol. The van der Waals surface area contributed by atoms with Gasteiger partial charge in [-0.2, -0.15) is 39.5 Å². The quantitative estimate of drug-likeness (QED) is 0.370. The lowest BCUT2D eigenvalue weighted by Crippen LogP contribution is -2.45. The van der Waals surface area contributed by atoms with Crippen LogP contribution < -0.4 is 0 Å². The summed E-state index contributed by atoms with van der Waals surface area (Å²) in [6.07, 6.45) is -11.8. The van der Waals surface area contributed by atoms with Crippen LogP contribution in [0.1, 0.15) is 72.4 Å². The Morgan fingerprint density at radius 1 is 0.846 bits per heavy atom. The molecule has 0 spiro atoms. The first kappa shape index (κ1) is 29.2. The summed E-state index contributed by atoms with van der Waals surface area (Å²) in [6, 6.07) is 4.48. The number of piperidine rings is 1. The van der Waals surface area contributed by atoms with Gasteiger partial charge >= 0.3 is 24.5 Å². The van der Waals surface area contributed by atoms with Crippen LogP contribution in [0.25, 0.3) is 0 Å². The van der Waals surface area contributed by atoms with Crippen molar-refractivity contribution in [2.75, 3.05) is 6.54 Å². The molecule has 1 aliphatic heterocycles. The third-order valence-corrected chi connectivity index (χ3v) is 8.15. The van der Waals surface area contributed by atoms with Gasteiger partial charge in [0.1, 0.15) is 0 Å². The molecule has 1 N–H and O–H groups in total. The molecule has 1 unspecified atom stereocenters. The number of nitrogens with zero attached hydrogens (tertiary/aromatic N) is 1. The predicted molar refractivity (Wildman–Crippen MR) is 122 cm³/mol. The molecule has 214 valence electrons. The minimum atomic E-state index is -4.93. The number of carboxylic acids is 1. The van der Waals surface area contributed by atoms with Crippen LogP contribution in [-0.4, -0.2) is 22.5 Å². The van der Waals surface area contributed by atoms with Gasteiger partial charge in [0.05, 0.1) is 22.1 Å². The van der Waals surface area contributed by atoms with E-state index in [1.807, 2.05) is 0 Å². The average Bonchev–Trinajstić information content (AvgIpc) is 3.34. The van der Waals surface area contributed by atoms with Crippen molar-refractivity contribution < 1.29 is 49.4 Å². The van der Waals surface area contributed by atoms with Crippen molar-refractivity contribution in [3.8, 4) is 0 Å². The summed E-state index contributed by atoms with van der Waals surface area (Å²) in [7, 11) is 0. The van der Waals surface area contributed by atoms with E-state index < -0.39 is 70.7 Å². The second-order valence-electron chi connectivity index (χ2n) is 10.4. The van der Waals surface area contributed by atoms with Crippen LogP contribution in [0.3, 0.4) is 0 Å². The van der Waals surface area contributed by atoms with E-state index in [1.165, 1.54) is 17.0 Å². The van der Waals surface area contributed by atoms with Crippen LogP contribution >= 0.6 is 0 Å². The Morgan fingerprint density at radius 2 is 1.41 bits per heavy atom. The van der Waals surface area contributed by atoms with Gasteiger partial charge in [-0.15, -0.1) is 0 Å². The molecular formula is C27H26F9NO2. The van der Waals surface area contributed by atoms with Gasteiger partial charge in [0.2, 0.25) is 0 Å². The minimum Gasteiger partial charge on any atom is -0.481 e. The zero-order chi connectivity index (χ0) is 28.8. The second kappa shape index (κ2) is 10.3. The summed E-state index contributed by atoms with van der Waals surface area (Å²) in [4.78, 5) is 13.8. The summed E-state index contributed by atoms with van der Waals surface area (Å²) < 4.78 is 121. The van der Waals surface area contributed by atoms with Crippen LogP contribution in [0.15, 0.2) is 42.5 Å². The molecule has 2 aliphatic rings. The van der Waals surface area contributed by atoms with Gasteiger partial charge < -0.3 is 5.11 Å². The summed E-state index contributed by atoms with van der Waals surface area (Å²) >= 11 is 0. The maximum absolute atomic E-state index is 13.7. The molecule has 12 heteroatoms. The normalized spacial score (nSPS) is 22.7. The van der Waals surface area contributed by atoms with Crippen molar-refractivity contribution >= 4 is 5.97 Å². The van der Waals surface area contributed by atoms with Crippen molar-refractivity contribution in [2.45, 2.75) is 69.6 Å². The molecule has 2 aromatic rings. The van der Waals surface area contributed by atoms with Crippen LogP contribution in [-0.2, 0) is 29.9 Å². The highest BCUT2D eigenvalue weighted by Crippen LogP contribution is 2.52. The SMILES string of the molecule is O=C(O)C1(C2CCN(Cc3cc(C(F)(F)F)ccc3C(F)(F)F)[C@@H](c3ccc(C(F)(F)F)cc3)C2)CCCC1. The Hall–Kier alpha value is -2.76. The van der Waals surface area contributed by atoms with Gasteiger partial charge in [0.15, 0.2) is 0 Å². The van der Waals surface area contributed by atoms with E-state index in [2.05, 4.69) is 0 Å². The number of rotatable bonds is 5. The molecule has 0 aromatic heterocycles. The maximum atomic E-state index is 13.7. The van der Waals surface area contributed by atoms with Crippen molar-refractivity contribution in [3.05, 3.63) is 70.3 Å². The first-order chi connectivity index (χ1) is 18.0.